The maximum atomic E-state index is 14.3. The van der Waals surface area contributed by atoms with Crippen LogP contribution >= 0.6 is 40.7 Å². The van der Waals surface area contributed by atoms with E-state index in [1.54, 1.807) is 0 Å². The van der Waals surface area contributed by atoms with Crippen LogP contribution in [-0.4, -0.2) is 31.1 Å². The Morgan fingerprint density at radius 1 is 1.14 bits per heavy atom. The second-order valence-electron chi connectivity index (χ2n) is 5.71. The summed E-state index contributed by atoms with van der Waals surface area (Å²) in [5.74, 6) is -0.528. The highest BCUT2D eigenvalue weighted by molar-refractivity contribution is 9.10. The highest BCUT2D eigenvalue weighted by Crippen LogP contribution is 2.33. The Labute approximate surface area is 152 Å². The Morgan fingerprint density at radius 3 is 2.09 bits per heavy atom. The highest BCUT2D eigenvalue weighted by Gasteiger charge is 2.28. The molecule has 22 heavy (non-hydrogen) atoms. The summed E-state index contributed by atoms with van der Waals surface area (Å²) in [4.78, 5) is 2.19. The van der Waals surface area contributed by atoms with Gasteiger partial charge in [-0.15, -0.1) is 24.8 Å². The summed E-state index contributed by atoms with van der Waals surface area (Å²) in [7, 11) is 0. The lowest BCUT2D eigenvalue weighted by molar-refractivity contribution is 0.147. The minimum absolute atomic E-state index is 0. The van der Waals surface area contributed by atoms with E-state index in [1.165, 1.54) is 12.1 Å². The highest BCUT2D eigenvalue weighted by atomic mass is 79.9. The summed E-state index contributed by atoms with van der Waals surface area (Å²) in [6.07, 6.45) is 0.759. The Balaban J connectivity index is 0.00000220. The van der Waals surface area contributed by atoms with E-state index in [0.29, 0.717) is 10.4 Å². The standard InChI is InChI=1S/C15H21BrF2N2.2ClH/c1-10(2)7-14(20-5-3-19-4-6-20)15-12(17)8-11(16)9-13(15)18;;/h8-10,14,19H,3-7H2,1-2H3;2*1H/t14-;;/m0../s1. The van der Waals surface area contributed by atoms with Gasteiger partial charge in [0.2, 0.25) is 0 Å². The summed E-state index contributed by atoms with van der Waals surface area (Å²) in [6, 6.07) is 2.52. The number of piperazine rings is 1. The van der Waals surface area contributed by atoms with E-state index in [4.69, 9.17) is 0 Å². The molecule has 1 fully saturated rings. The fourth-order valence-corrected chi connectivity index (χ4v) is 3.16. The average Bonchev–Trinajstić information content (AvgIpc) is 2.37. The van der Waals surface area contributed by atoms with Crippen LogP contribution in [0, 0.1) is 17.6 Å². The quantitative estimate of drug-likeness (QED) is 0.769. The van der Waals surface area contributed by atoms with Gasteiger partial charge in [0.15, 0.2) is 0 Å². The van der Waals surface area contributed by atoms with Gasteiger partial charge in [0.1, 0.15) is 11.6 Å². The van der Waals surface area contributed by atoms with Crippen molar-refractivity contribution in [3.63, 3.8) is 0 Å². The molecule has 0 unspecified atom stereocenters. The molecule has 1 aliphatic heterocycles. The molecular weight excluding hydrogens is 397 g/mol. The van der Waals surface area contributed by atoms with Crippen molar-refractivity contribution < 1.29 is 8.78 Å². The van der Waals surface area contributed by atoms with Crippen LogP contribution in [0.2, 0.25) is 0 Å². The second kappa shape index (κ2) is 10.0. The van der Waals surface area contributed by atoms with E-state index in [1.807, 2.05) is 0 Å². The van der Waals surface area contributed by atoms with Crippen molar-refractivity contribution in [1.82, 2.24) is 10.2 Å². The molecule has 2 rings (SSSR count). The minimum Gasteiger partial charge on any atom is -0.314 e. The predicted molar refractivity (Wildman–Crippen MR) is 95.2 cm³/mol. The lowest BCUT2D eigenvalue weighted by atomic mass is 9.94. The van der Waals surface area contributed by atoms with Gasteiger partial charge in [0.25, 0.3) is 0 Å². The van der Waals surface area contributed by atoms with Gasteiger partial charge in [-0.3, -0.25) is 4.90 Å². The molecule has 0 radical (unpaired) electrons. The van der Waals surface area contributed by atoms with Gasteiger partial charge in [-0.1, -0.05) is 29.8 Å². The zero-order chi connectivity index (χ0) is 14.7. The lowest BCUT2D eigenvalue weighted by Crippen LogP contribution is -2.45. The fraction of sp³-hybridized carbons (Fsp3) is 0.600. The summed E-state index contributed by atoms with van der Waals surface area (Å²) in [5, 5.41) is 3.28. The van der Waals surface area contributed by atoms with Crippen molar-refractivity contribution in [2.75, 3.05) is 26.2 Å². The van der Waals surface area contributed by atoms with Gasteiger partial charge in [0.05, 0.1) is 0 Å². The first-order valence-corrected chi connectivity index (χ1v) is 7.87. The molecule has 1 N–H and O–H groups in total. The molecule has 1 heterocycles. The number of nitrogens with one attached hydrogen (secondary N) is 1. The van der Waals surface area contributed by atoms with Crippen molar-refractivity contribution in [3.8, 4) is 0 Å². The molecule has 0 saturated carbocycles. The summed E-state index contributed by atoms with van der Waals surface area (Å²) < 4.78 is 29.0. The Morgan fingerprint density at radius 2 is 1.64 bits per heavy atom. The van der Waals surface area contributed by atoms with Crippen LogP contribution in [0.5, 0.6) is 0 Å². The number of rotatable bonds is 4. The molecule has 7 heteroatoms. The Kier molecular flexibility index (Phi) is 10.1. The molecular formula is C15H23BrCl2F2N2. The molecule has 1 saturated heterocycles. The molecule has 1 atom stereocenters. The van der Waals surface area contributed by atoms with Gasteiger partial charge in [-0.05, 0) is 24.5 Å². The third kappa shape index (κ3) is 5.60. The topological polar surface area (TPSA) is 15.3 Å². The third-order valence-electron chi connectivity index (χ3n) is 3.66. The molecule has 2 nitrogen and oxygen atoms in total. The van der Waals surface area contributed by atoms with Crippen molar-refractivity contribution in [2.45, 2.75) is 26.3 Å². The zero-order valence-corrected chi connectivity index (χ0v) is 16.0. The zero-order valence-electron chi connectivity index (χ0n) is 12.7. The van der Waals surface area contributed by atoms with Crippen LogP contribution in [0.3, 0.4) is 0 Å². The van der Waals surface area contributed by atoms with Gasteiger partial charge in [0, 0.05) is 42.3 Å². The summed E-state index contributed by atoms with van der Waals surface area (Å²) in [6.45, 7) is 7.56. The van der Waals surface area contributed by atoms with Crippen LogP contribution in [0.1, 0.15) is 31.9 Å². The number of benzene rings is 1. The molecule has 1 aliphatic rings. The van der Waals surface area contributed by atoms with Gasteiger partial charge >= 0.3 is 0 Å². The van der Waals surface area contributed by atoms with E-state index >= 15 is 0 Å². The summed E-state index contributed by atoms with van der Waals surface area (Å²) >= 11 is 3.14. The molecule has 1 aromatic rings. The van der Waals surface area contributed by atoms with Crippen molar-refractivity contribution in [3.05, 3.63) is 33.8 Å². The number of hydrogen-bond donors (Lipinski definition) is 1. The minimum atomic E-state index is -0.457. The van der Waals surface area contributed by atoms with Crippen molar-refractivity contribution >= 4 is 40.7 Å². The Hall–Kier alpha value is 0.0600. The lowest BCUT2D eigenvalue weighted by Gasteiger charge is -2.36. The van der Waals surface area contributed by atoms with Gasteiger partial charge in [-0.2, -0.15) is 0 Å². The first kappa shape index (κ1) is 22.1. The fourth-order valence-electron chi connectivity index (χ4n) is 2.76. The van der Waals surface area contributed by atoms with Gasteiger partial charge < -0.3 is 5.32 Å². The third-order valence-corrected chi connectivity index (χ3v) is 4.12. The number of halogens is 5. The van der Waals surface area contributed by atoms with Crippen LogP contribution in [-0.2, 0) is 0 Å². The number of nitrogens with zero attached hydrogens (tertiary/aromatic N) is 1. The molecule has 128 valence electrons. The maximum Gasteiger partial charge on any atom is 0.132 e. The van der Waals surface area contributed by atoms with E-state index in [-0.39, 0.29) is 36.4 Å². The average molecular weight is 420 g/mol. The molecule has 0 amide bonds. The number of hydrogen-bond acceptors (Lipinski definition) is 2. The monoisotopic (exact) mass is 418 g/mol. The maximum absolute atomic E-state index is 14.3. The van der Waals surface area contributed by atoms with Crippen molar-refractivity contribution in [1.29, 1.82) is 0 Å². The van der Waals surface area contributed by atoms with Crippen LogP contribution in [0.4, 0.5) is 8.78 Å². The molecule has 0 spiro atoms. The smallest absolute Gasteiger partial charge is 0.132 e. The van der Waals surface area contributed by atoms with Gasteiger partial charge in [-0.25, -0.2) is 8.78 Å². The second-order valence-corrected chi connectivity index (χ2v) is 6.63. The van der Waals surface area contributed by atoms with Crippen LogP contribution < -0.4 is 5.32 Å². The molecule has 0 bridgehead atoms. The molecule has 0 aromatic heterocycles. The van der Waals surface area contributed by atoms with Crippen LogP contribution in [0.15, 0.2) is 16.6 Å². The van der Waals surface area contributed by atoms with E-state index in [2.05, 4.69) is 40.0 Å². The Bertz CT molecular complexity index is 446. The molecule has 1 aromatic carbocycles. The van der Waals surface area contributed by atoms with E-state index in [9.17, 15) is 8.78 Å². The van der Waals surface area contributed by atoms with Crippen LogP contribution in [0.25, 0.3) is 0 Å². The largest absolute Gasteiger partial charge is 0.314 e. The van der Waals surface area contributed by atoms with Crippen molar-refractivity contribution in [2.24, 2.45) is 5.92 Å². The SMILES string of the molecule is CC(C)C[C@@H](c1c(F)cc(Br)cc1F)N1CCNCC1.Cl.Cl. The first-order valence-electron chi connectivity index (χ1n) is 7.08. The summed E-state index contributed by atoms with van der Waals surface area (Å²) in [5.41, 5.74) is 0.212. The van der Waals surface area contributed by atoms with E-state index < -0.39 is 11.6 Å². The molecule has 0 aliphatic carbocycles. The normalized spacial score (nSPS) is 16.8. The van der Waals surface area contributed by atoms with E-state index in [0.717, 1.165) is 32.6 Å². The predicted octanol–water partition coefficient (Wildman–Crippen LogP) is 4.56. The first-order chi connectivity index (χ1) is 9.49.